The topological polar surface area (TPSA) is 76.3 Å². The van der Waals surface area contributed by atoms with E-state index in [1.807, 2.05) is 44.2 Å². The van der Waals surface area contributed by atoms with Gasteiger partial charge in [0.15, 0.2) is 5.78 Å². The molecule has 2 atom stereocenters. The first kappa shape index (κ1) is 20.1. The number of aromatic nitrogens is 2. The molecule has 1 aliphatic rings. The van der Waals surface area contributed by atoms with Gasteiger partial charge in [0.1, 0.15) is 0 Å². The maximum absolute atomic E-state index is 13.2. The van der Waals surface area contributed by atoms with Crippen LogP contribution in [0.2, 0.25) is 0 Å². The smallest absolute Gasteiger partial charge is 0.329 e. The number of hydrogen-bond acceptors (Lipinski definition) is 4. The van der Waals surface area contributed by atoms with Crippen LogP contribution < -0.4 is 11.0 Å². The van der Waals surface area contributed by atoms with Crippen LogP contribution in [0.25, 0.3) is 11.0 Å². The van der Waals surface area contributed by atoms with Crippen molar-refractivity contribution in [1.29, 1.82) is 0 Å². The van der Waals surface area contributed by atoms with Gasteiger partial charge in [0.05, 0.1) is 23.7 Å². The van der Waals surface area contributed by atoms with Crippen molar-refractivity contribution in [2.75, 3.05) is 0 Å². The number of benzene rings is 2. The Morgan fingerprint density at radius 2 is 1.97 bits per heavy atom. The van der Waals surface area contributed by atoms with E-state index in [-0.39, 0.29) is 30.1 Å². The quantitative estimate of drug-likeness (QED) is 0.576. The standard InChI is InChI=1S/C22H24BrN3O3/c1-13(2)24-17-10-11-25-20-16(21(17)28)4-3-5-18(20)26(22(25)29)12-19(27)14-6-8-15(23)9-7-14/h3-9,13,17,21,24,28H,10-12H2,1-2H3/t17-,21-/m1/s1. The molecule has 7 heteroatoms. The fourth-order valence-corrected chi connectivity index (χ4v) is 4.38. The molecule has 152 valence electrons. The Morgan fingerprint density at radius 3 is 2.66 bits per heavy atom. The third-order valence-corrected chi connectivity index (χ3v) is 5.98. The number of carbonyl (C=O) groups excluding carboxylic acids is 1. The summed E-state index contributed by atoms with van der Waals surface area (Å²) >= 11 is 3.37. The Bertz CT molecular complexity index is 1110. The average Bonchev–Trinajstić information content (AvgIpc) is 2.87. The molecule has 4 rings (SSSR count). The minimum absolute atomic E-state index is 0.0306. The fourth-order valence-electron chi connectivity index (χ4n) is 4.12. The van der Waals surface area contributed by atoms with E-state index in [0.717, 1.165) is 15.6 Å². The zero-order valence-corrected chi connectivity index (χ0v) is 18.0. The molecule has 0 spiro atoms. The summed E-state index contributed by atoms with van der Waals surface area (Å²) in [7, 11) is 0. The molecule has 2 N–H and O–H groups in total. The van der Waals surface area contributed by atoms with Crippen molar-refractivity contribution < 1.29 is 9.90 Å². The molecular weight excluding hydrogens is 434 g/mol. The Hall–Kier alpha value is -2.22. The van der Waals surface area contributed by atoms with Gasteiger partial charge in [-0.3, -0.25) is 13.9 Å². The second kappa shape index (κ2) is 7.89. The van der Waals surface area contributed by atoms with Crippen LogP contribution in [-0.2, 0) is 13.1 Å². The number of imidazole rings is 1. The molecule has 29 heavy (non-hydrogen) atoms. The third kappa shape index (κ3) is 3.70. The lowest BCUT2D eigenvalue weighted by Crippen LogP contribution is -2.39. The van der Waals surface area contributed by atoms with Gasteiger partial charge < -0.3 is 10.4 Å². The number of halogens is 1. The summed E-state index contributed by atoms with van der Waals surface area (Å²) < 4.78 is 4.12. The highest BCUT2D eigenvalue weighted by atomic mass is 79.9. The number of aryl methyl sites for hydroxylation is 1. The number of para-hydroxylation sites is 1. The van der Waals surface area contributed by atoms with Crippen molar-refractivity contribution >= 4 is 32.7 Å². The molecule has 0 unspecified atom stereocenters. The lowest BCUT2D eigenvalue weighted by Gasteiger charge is -2.25. The first-order valence-electron chi connectivity index (χ1n) is 9.81. The highest BCUT2D eigenvalue weighted by Crippen LogP contribution is 2.31. The Morgan fingerprint density at radius 1 is 1.24 bits per heavy atom. The number of aliphatic hydroxyl groups is 1. The van der Waals surface area contributed by atoms with Crippen LogP contribution in [0.4, 0.5) is 0 Å². The van der Waals surface area contributed by atoms with Gasteiger partial charge in [0, 0.05) is 34.2 Å². The molecule has 1 aromatic heterocycles. The van der Waals surface area contributed by atoms with Crippen molar-refractivity contribution in [3.8, 4) is 0 Å². The van der Waals surface area contributed by atoms with Crippen LogP contribution >= 0.6 is 15.9 Å². The minimum atomic E-state index is -0.715. The molecule has 0 radical (unpaired) electrons. The molecule has 0 aliphatic carbocycles. The van der Waals surface area contributed by atoms with Gasteiger partial charge in [0.25, 0.3) is 0 Å². The number of hydrogen-bond donors (Lipinski definition) is 2. The SMILES string of the molecule is CC(C)N[C@@H]1CCn2c(=O)n(CC(=O)c3ccc(Br)cc3)c3cccc(c32)[C@H]1O. The molecule has 2 heterocycles. The summed E-state index contributed by atoms with van der Waals surface area (Å²) in [5, 5.41) is 14.4. The van der Waals surface area contributed by atoms with Gasteiger partial charge in [-0.15, -0.1) is 0 Å². The van der Waals surface area contributed by atoms with Crippen molar-refractivity contribution in [3.05, 3.63) is 68.5 Å². The van der Waals surface area contributed by atoms with Crippen molar-refractivity contribution in [3.63, 3.8) is 0 Å². The predicted octanol–water partition coefficient (Wildman–Crippen LogP) is 3.25. The van der Waals surface area contributed by atoms with Gasteiger partial charge in [-0.2, -0.15) is 0 Å². The van der Waals surface area contributed by atoms with Gasteiger partial charge in [-0.1, -0.05) is 54.0 Å². The van der Waals surface area contributed by atoms with Crippen LogP contribution in [-0.4, -0.2) is 32.1 Å². The number of aliphatic hydroxyl groups excluding tert-OH is 1. The molecule has 0 saturated carbocycles. The van der Waals surface area contributed by atoms with Crippen LogP contribution in [0.3, 0.4) is 0 Å². The molecule has 0 bridgehead atoms. The summed E-state index contributed by atoms with van der Waals surface area (Å²) in [6.07, 6.45) is -0.0828. The molecule has 0 fully saturated rings. The van der Waals surface area contributed by atoms with Crippen molar-refractivity contribution in [1.82, 2.24) is 14.5 Å². The lowest BCUT2D eigenvalue weighted by atomic mass is 9.99. The number of rotatable bonds is 5. The summed E-state index contributed by atoms with van der Waals surface area (Å²) in [6, 6.07) is 12.8. The highest BCUT2D eigenvalue weighted by molar-refractivity contribution is 9.10. The number of ketones is 1. The van der Waals surface area contributed by atoms with E-state index < -0.39 is 6.10 Å². The fraction of sp³-hybridized carbons (Fsp3) is 0.364. The highest BCUT2D eigenvalue weighted by Gasteiger charge is 2.30. The van der Waals surface area contributed by atoms with Gasteiger partial charge in [-0.25, -0.2) is 4.79 Å². The van der Waals surface area contributed by atoms with Crippen LogP contribution in [0.1, 0.15) is 42.3 Å². The van der Waals surface area contributed by atoms with E-state index in [1.165, 1.54) is 4.57 Å². The van der Waals surface area contributed by atoms with E-state index >= 15 is 0 Å². The number of nitrogens with one attached hydrogen (secondary N) is 1. The number of Topliss-reactive ketones (excluding diaryl/α,β-unsaturated/α-hetero) is 1. The number of carbonyl (C=O) groups is 1. The summed E-state index contributed by atoms with van der Waals surface area (Å²) in [5.41, 5.74) is 2.48. The normalized spacial score (nSPS) is 18.9. The van der Waals surface area contributed by atoms with Gasteiger partial charge in [0.2, 0.25) is 0 Å². The van der Waals surface area contributed by atoms with Crippen LogP contribution in [0.15, 0.2) is 51.7 Å². The van der Waals surface area contributed by atoms with Crippen molar-refractivity contribution in [2.24, 2.45) is 0 Å². The Kier molecular flexibility index (Phi) is 5.46. The largest absolute Gasteiger partial charge is 0.387 e. The van der Waals surface area contributed by atoms with Crippen molar-refractivity contribution in [2.45, 2.75) is 51.5 Å². The van der Waals surface area contributed by atoms with E-state index in [1.54, 1.807) is 16.7 Å². The lowest BCUT2D eigenvalue weighted by molar-refractivity contribution is 0.0972. The average molecular weight is 458 g/mol. The van der Waals surface area contributed by atoms with E-state index in [4.69, 9.17) is 0 Å². The molecule has 0 amide bonds. The summed E-state index contributed by atoms with van der Waals surface area (Å²) in [6.45, 7) is 4.54. The summed E-state index contributed by atoms with van der Waals surface area (Å²) in [5.74, 6) is -0.124. The predicted molar refractivity (Wildman–Crippen MR) is 116 cm³/mol. The zero-order valence-electron chi connectivity index (χ0n) is 16.4. The molecule has 2 aromatic carbocycles. The first-order valence-corrected chi connectivity index (χ1v) is 10.6. The minimum Gasteiger partial charge on any atom is -0.387 e. The first-order chi connectivity index (χ1) is 13.9. The van der Waals surface area contributed by atoms with Gasteiger partial charge >= 0.3 is 5.69 Å². The Labute approximate surface area is 177 Å². The molecule has 0 saturated heterocycles. The second-order valence-electron chi connectivity index (χ2n) is 7.83. The third-order valence-electron chi connectivity index (χ3n) is 5.45. The second-order valence-corrected chi connectivity index (χ2v) is 8.74. The van der Waals surface area contributed by atoms with Crippen LogP contribution in [0.5, 0.6) is 0 Å². The Balaban J connectivity index is 1.76. The molecule has 6 nitrogen and oxygen atoms in total. The van der Waals surface area contributed by atoms with Gasteiger partial charge in [-0.05, 0) is 24.6 Å². The monoisotopic (exact) mass is 457 g/mol. The van der Waals surface area contributed by atoms with E-state index in [9.17, 15) is 14.7 Å². The zero-order chi connectivity index (χ0) is 20.7. The molecule has 1 aliphatic heterocycles. The molecule has 3 aromatic rings. The van der Waals surface area contributed by atoms with Crippen LogP contribution in [0, 0.1) is 0 Å². The van der Waals surface area contributed by atoms with E-state index in [0.29, 0.717) is 24.0 Å². The maximum atomic E-state index is 13.2. The molecular formula is C22H24BrN3O3. The maximum Gasteiger partial charge on any atom is 0.329 e. The number of nitrogens with zero attached hydrogens (tertiary/aromatic N) is 2. The van der Waals surface area contributed by atoms with E-state index in [2.05, 4.69) is 21.2 Å². The summed E-state index contributed by atoms with van der Waals surface area (Å²) in [4.78, 5) is 26.0.